The number of aryl methyl sites for hydroxylation is 2. The molecule has 4 aromatic rings. The van der Waals surface area contributed by atoms with Gasteiger partial charge in [-0.1, -0.05) is 36.4 Å². The van der Waals surface area contributed by atoms with E-state index in [0.717, 1.165) is 38.0 Å². The number of aliphatic hydroxyl groups excluding tert-OH is 1. The van der Waals surface area contributed by atoms with Gasteiger partial charge in [0.1, 0.15) is 11.9 Å². The second kappa shape index (κ2) is 10.2. The molecule has 0 aliphatic carbocycles. The van der Waals surface area contributed by atoms with E-state index >= 15 is 0 Å². The van der Waals surface area contributed by atoms with Crippen LogP contribution in [0.25, 0.3) is 10.9 Å². The standard InChI is InChI=1S/C25H29N5O2/c26-25(32)22-17-30(18-28-22)24(31)9-5-14-29-15-12-20-10-11-21(16-23(20)29)27-13-4-8-19-6-2-1-3-7-19/h1-3,6-7,10-12,15-18,24,27,31H,4-5,8-9,13-14H2,(H2,26,32)/t24-/m1/s1. The van der Waals surface area contributed by atoms with Gasteiger partial charge in [0.15, 0.2) is 0 Å². The Morgan fingerprint density at radius 3 is 2.75 bits per heavy atom. The number of aliphatic hydroxyl groups is 1. The van der Waals surface area contributed by atoms with E-state index in [2.05, 4.69) is 69.6 Å². The fourth-order valence-corrected chi connectivity index (χ4v) is 3.88. The number of rotatable bonds is 11. The lowest BCUT2D eigenvalue weighted by Crippen LogP contribution is -2.12. The number of aromatic nitrogens is 3. The van der Waals surface area contributed by atoms with Gasteiger partial charge >= 0.3 is 0 Å². The molecule has 0 unspecified atom stereocenters. The molecule has 2 heterocycles. The Hall–Kier alpha value is -3.58. The Bertz CT molecular complexity index is 1170. The van der Waals surface area contributed by atoms with Gasteiger partial charge in [-0.15, -0.1) is 0 Å². The first kappa shape index (κ1) is 21.6. The summed E-state index contributed by atoms with van der Waals surface area (Å²) in [6.45, 7) is 1.71. The van der Waals surface area contributed by atoms with E-state index in [0.29, 0.717) is 6.42 Å². The number of carbonyl (C=O) groups is 1. The molecule has 0 aliphatic rings. The van der Waals surface area contributed by atoms with Crippen LogP contribution in [-0.4, -0.2) is 31.7 Å². The summed E-state index contributed by atoms with van der Waals surface area (Å²) in [6.07, 6.45) is 7.73. The molecule has 4 rings (SSSR count). The first-order valence-electron chi connectivity index (χ1n) is 11.0. The fraction of sp³-hybridized carbons (Fsp3) is 0.280. The molecule has 0 saturated heterocycles. The average molecular weight is 432 g/mol. The summed E-state index contributed by atoms with van der Waals surface area (Å²) in [4.78, 5) is 15.1. The van der Waals surface area contributed by atoms with Crippen LogP contribution in [-0.2, 0) is 13.0 Å². The van der Waals surface area contributed by atoms with Crippen LogP contribution in [0.3, 0.4) is 0 Å². The van der Waals surface area contributed by atoms with Crippen molar-refractivity contribution in [3.05, 3.63) is 84.6 Å². The first-order chi connectivity index (χ1) is 15.6. The van der Waals surface area contributed by atoms with Crippen LogP contribution >= 0.6 is 0 Å². The van der Waals surface area contributed by atoms with Crippen molar-refractivity contribution in [2.45, 2.75) is 38.5 Å². The van der Waals surface area contributed by atoms with Crippen molar-refractivity contribution >= 4 is 22.5 Å². The molecule has 0 fully saturated rings. The molecule has 32 heavy (non-hydrogen) atoms. The van der Waals surface area contributed by atoms with Crippen LogP contribution in [0, 0.1) is 0 Å². The summed E-state index contributed by atoms with van der Waals surface area (Å²) in [5, 5.41) is 15.1. The summed E-state index contributed by atoms with van der Waals surface area (Å²) < 4.78 is 3.73. The molecular weight excluding hydrogens is 402 g/mol. The average Bonchev–Trinajstić information content (AvgIpc) is 3.45. The van der Waals surface area contributed by atoms with Crippen LogP contribution < -0.4 is 11.1 Å². The number of anilines is 1. The van der Waals surface area contributed by atoms with Crippen LogP contribution in [0.1, 0.15) is 41.5 Å². The molecule has 0 bridgehead atoms. The van der Waals surface area contributed by atoms with Gasteiger partial charge in [0, 0.05) is 31.2 Å². The topological polar surface area (TPSA) is 98.1 Å². The number of benzene rings is 2. The van der Waals surface area contributed by atoms with Gasteiger partial charge in [0.05, 0.1) is 11.8 Å². The van der Waals surface area contributed by atoms with E-state index in [4.69, 9.17) is 5.73 Å². The molecule has 0 aliphatic heterocycles. The van der Waals surface area contributed by atoms with Crippen molar-refractivity contribution < 1.29 is 9.90 Å². The molecule has 0 radical (unpaired) electrons. The number of nitrogens with one attached hydrogen (secondary N) is 1. The van der Waals surface area contributed by atoms with Crippen molar-refractivity contribution in [3.8, 4) is 0 Å². The zero-order valence-corrected chi connectivity index (χ0v) is 18.0. The second-order valence-corrected chi connectivity index (χ2v) is 7.99. The molecular formula is C25H29N5O2. The summed E-state index contributed by atoms with van der Waals surface area (Å²) in [6, 6.07) is 19.1. The number of nitrogens with two attached hydrogens (primary N) is 1. The lowest BCUT2D eigenvalue weighted by atomic mass is 10.1. The number of amides is 1. The number of hydrogen-bond acceptors (Lipinski definition) is 4. The summed E-state index contributed by atoms with van der Waals surface area (Å²) in [7, 11) is 0. The Labute approximate surface area is 187 Å². The number of imidazole rings is 1. The smallest absolute Gasteiger partial charge is 0.268 e. The van der Waals surface area contributed by atoms with E-state index in [-0.39, 0.29) is 5.69 Å². The second-order valence-electron chi connectivity index (χ2n) is 7.99. The SMILES string of the molecule is NC(=O)c1cn([C@H](O)CCCn2ccc3ccc(NCCCc4ccccc4)cc32)cn1. The van der Waals surface area contributed by atoms with Crippen LogP contribution in [0.4, 0.5) is 5.69 Å². The third kappa shape index (κ3) is 5.36. The van der Waals surface area contributed by atoms with Crippen molar-refractivity contribution in [2.75, 3.05) is 11.9 Å². The minimum absolute atomic E-state index is 0.157. The fourth-order valence-electron chi connectivity index (χ4n) is 3.88. The highest BCUT2D eigenvalue weighted by Crippen LogP contribution is 2.22. The van der Waals surface area contributed by atoms with Crippen LogP contribution in [0.15, 0.2) is 73.3 Å². The number of carbonyl (C=O) groups excluding carboxylic acids is 1. The van der Waals surface area contributed by atoms with Crippen molar-refractivity contribution in [1.29, 1.82) is 0 Å². The van der Waals surface area contributed by atoms with Gasteiger partial charge < -0.3 is 25.3 Å². The molecule has 2 aromatic heterocycles. The minimum atomic E-state index is -0.737. The highest BCUT2D eigenvalue weighted by atomic mass is 16.3. The largest absolute Gasteiger partial charge is 0.385 e. The summed E-state index contributed by atoms with van der Waals surface area (Å²) in [5.41, 5.74) is 9.02. The predicted octanol–water partition coefficient (Wildman–Crippen LogP) is 3.95. The minimum Gasteiger partial charge on any atom is -0.385 e. The zero-order chi connectivity index (χ0) is 22.3. The summed E-state index contributed by atoms with van der Waals surface area (Å²) >= 11 is 0. The Morgan fingerprint density at radius 1 is 1.12 bits per heavy atom. The molecule has 4 N–H and O–H groups in total. The third-order valence-corrected chi connectivity index (χ3v) is 5.65. The number of primary amides is 1. The third-order valence-electron chi connectivity index (χ3n) is 5.65. The Balaban J connectivity index is 1.29. The van der Waals surface area contributed by atoms with Gasteiger partial charge in [-0.2, -0.15) is 0 Å². The monoisotopic (exact) mass is 431 g/mol. The van der Waals surface area contributed by atoms with Gasteiger partial charge in [0.25, 0.3) is 5.91 Å². The lowest BCUT2D eigenvalue weighted by molar-refractivity contribution is 0.0905. The van der Waals surface area contributed by atoms with Crippen molar-refractivity contribution in [3.63, 3.8) is 0 Å². The molecule has 166 valence electrons. The normalized spacial score (nSPS) is 12.2. The predicted molar refractivity (Wildman–Crippen MR) is 126 cm³/mol. The number of hydrogen-bond donors (Lipinski definition) is 3. The van der Waals surface area contributed by atoms with Crippen LogP contribution in [0.2, 0.25) is 0 Å². The maximum atomic E-state index is 11.2. The van der Waals surface area contributed by atoms with E-state index in [1.165, 1.54) is 33.6 Å². The molecule has 7 nitrogen and oxygen atoms in total. The molecule has 0 spiro atoms. The van der Waals surface area contributed by atoms with E-state index in [9.17, 15) is 9.90 Å². The lowest BCUT2D eigenvalue weighted by Gasteiger charge is -2.13. The highest BCUT2D eigenvalue weighted by Gasteiger charge is 2.11. The Morgan fingerprint density at radius 2 is 1.97 bits per heavy atom. The van der Waals surface area contributed by atoms with Gasteiger partial charge in [-0.25, -0.2) is 4.98 Å². The molecule has 1 atom stereocenters. The van der Waals surface area contributed by atoms with E-state index in [1.807, 2.05) is 6.07 Å². The molecule has 2 aromatic carbocycles. The number of fused-ring (bicyclic) bond motifs is 1. The Kier molecular flexibility index (Phi) is 6.87. The van der Waals surface area contributed by atoms with Gasteiger partial charge in [-0.05, 0) is 54.8 Å². The van der Waals surface area contributed by atoms with Crippen molar-refractivity contribution in [2.24, 2.45) is 5.73 Å². The van der Waals surface area contributed by atoms with E-state index in [1.54, 1.807) is 0 Å². The number of nitrogens with zero attached hydrogens (tertiary/aromatic N) is 3. The zero-order valence-electron chi connectivity index (χ0n) is 18.0. The molecule has 7 heteroatoms. The quantitative estimate of drug-likeness (QED) is 0.313. The maximum absolute atomic E-state index is 11.2. The van der Waals surface area contributed by atoms with Crippen molar-refractivity contribution in [1.82, 2.24) is 14.1 Å². The summed E-state index contributed by atoms with van der Waals surface area (Å²) in [5.74, 6) is -0.598. The van der Waals surface area contributed by atoms with Crippen LogP contribution in [0.5, 0.6) is 0 Å². The van der Waals surface area contributed by atoms with Gasteiger partial charge in [0.2, 0.25) is 0 Å². The maximum Gasteiger partial charge on any atom is 0.268 e. The first-order valence-corrected chi connectivity index (χ1v) is 11.0. The van der Waals surface area contributed by atoms with E-state index < -0.39 is 12.1 Å². The van der Waals surface area contributed by atoms with Gasteiger partial charge in [-0.3, -0.25) is 4.79 Å². The highest BCUT2D eigenvalue weighted by molar-refractivity contribution is 5.90. The molecule has 1 amide bonds. The molecule has 0 saturated carbocycles.